The molecule has 0 aromatic carbocycles. The van der Waals surface area contributed by atoms with Crippen LogP contribution in [-0.4, -0.2) is 37.2 Å². The van der Waals surface area contributed by atoms with E-state index in [2.05, 4.69) is 112 Å². The normalized spacial score (nSPS) is 12.8. The first-order valence-electron chi connectivity index (χ1n) is 28.7. The van der Waals surface area contributed by atoms with Crippen LogP contribution in [0.2, 0.25) is 0 Å². The van der Waals surface area contributed by atoms with Gasteiger partial charge in [-0.25, -0.2) is 0 Å². The predicted octanol–water partition coefficient (Wildman–Crippen LogP) is 19.3. The van der Waals surface area contributed by atoms with Gasteiger partial charge in [0, 0.05) is 19.3 Å². The molecule has 0 bridgehead atoms. The molecule has 0 amide bonds. The smallest absolute Gasteiger partial charge is 0.306 e. The van der Waals surface area contributed by atoms with Gasteiger partial charge < -0.3 is 14.2 Å². The predicted molar refractivity (Wildman–Crippen MR) is 297 cm³/mol. The zero-order chi connectivity index (χ0) is 50.0. The Hall–Kier alpha value is -3.67. The van der Waals surface area contributed by atoms with E-state index >= 15 is 0 Å². The van der Waals surface area contributed by atoms with Gasteiger partial charge in [0.25, 0.3) is 0 Å². The molecule has 0 aliphatic heterocycles. The molecule has 0 aliphatic rings. The zero-order valence-electron chi connectivity index (χ0n) is 45.0. The molecule has 0 aliphatic carbocycles. The van der Waals surface area contributed by atoms with Crippen molar-refractivity contribution in [1.29, 1.82) is 0 Å². The molecule has 0 aromatic heterocycles. The van der Waals surface area contributed by atoms with E-state index in [1.807, 2.05) is 6.08 Å². The molecule has 394 valence electrons. The van der Waals surface area contributed by atoms with Gasteiger partial charge in [0.15, 0.2) is 6.10 Å². The monoisotopic (exact) mass is 959 g/mol. The molecule has 0 rings (SSSR count). The lowest BCUT2D eigenvalue weighted by Gasteiger charge is -2.18. The molecular weight excluding hydrogens is 853 g/mol. The van der Waals surface area contributed by atoms with Crippen LogP contribution in [0.3, 0.4) is 0 Å². The highest BCUT2D eigenvalue weighted by molar-refractivity contribution is 5.71. The molecule has 0 spiro atoms. The Morgan fingerprint density at radius 1 is 0.290 bits per heavy atom. The maximum Gasteiger partial charge on any atom is 0.306 e. The van der Waals surface area contributed by atoms with Crippen molar-refractivity contribution in [3.8, 4) is 0 Å². The third kappa shape index (κ3) is 55.1. The van der Waals surface area contributed by atoms with Gasteiger partial charge in [-0.05, 0) is 116 Å². The quantitative estimate of drug-likeness (QED) is 0.0262. The van der Waals surface area contributed by atoms with E-state index in [4.69, 9.17) is 14.2 Å². The third-order valence-corrected chi connectivity index (χ3v) is 12.0. The fourth-order valence-electron chi connectivity index (χ4n) is 7.68. The van der Waals surface area contributed by atoms with Crippen molar-refractivity contribution in [2.45, 2.75) is 271 Å². The first kappa shape index (κ1) is 65.3. The molecule has 0 fully saturated rings. The summed E-state index contributed by atoms with van der Waals surface area (Å²) in [7, 11) is 0. The number of carbonyl (C=O) groups is 3. The summed E-state index contributed by atoms with van der Waals surface area (Å²) < 4.78 is 16.8. The molecule has 0 heterocycles. The minimum atomic E-state index is -0.817. The molecule has 6 nitrogen and oxygen atoms in total. The van der Waals surface area contributed by atoms with E-state index in [1.54, 1.807) is 0 Å². The van der Waals surface area contributed by atoms with E-state index in [1.165, 1.54) is 128 Å². The van der Waals surface area contributed by atoms with E-state index in [-0.39, 0.29) is 37.5 Å². The van der Waals surface area contributed by atoms with Crippen LogP contribution in [0.1, 0.15) is 265 Å². The molecule has 0 aromatic rings. The Labute approximate surface area is 426 Å². The molecule has 69 heavy (non-hydrogen) atoms. The van der Waals surface area contributed by atoms with Crippen LogP contribution < -0.4 is 0 Å². The highest BCUT2D eigenvalue weighted by Gasteiger charge is 2.19. The number of allylic oxidation sites excluding steroid dienone is 16. The lowest BCUT2D eigenvalue weighted by molar-refractivity contribution is -0.166. The maximum atomic E-state index is 12.9. The standard InChI is InChI=1S/C63H106O6/c1-4-7-10-13-16-19-22-25-28-30-31-33-35-38-41-44-47-50-53-56-62(65)68-59-60(58-67-61(64)55-52-49-46-43-40-37-34-27-24-21-18-15-12-9-6-3)69-63(66)57-54-51-48-45-42-39-36-32-29-26-23-20-17-14-11-8-5-2/h16,18-19,21,25-29,31,33-34,38,41,47,50,60H,4-15,17,20,22-24,30,32,35-37,39-40,42-46,48-49,51-59H2,1-3H3/b19-16-,21-18-,28-25-,29-26-,33-31-,34-27-,41-38-,50-47-/t60-/m0/s1. The second-order valence-electron chi connectivity index (χ2n) is 18.8. The van der Waals surface area contributed by atoms with E-state index in [0.717, 1.165) is 89.9 Å². The first-order valence-corrected chi connectivity index (χ1v) is 28.7. The Morgan fingerprint density at radius 2 is 0.551 bits per heavy atom. The molecule has 0 N–H and O–H groups in total. The SMILES string of the molecule is CCCCC/C=C\C/C=C\C/C=C\C/C=C\C/C=C\CCC(=O)OC[C@H](COC(=O)CCCCCCC/C=C\C/C=C\CCCCC)OC(=O)CCCCCCCCC/C=C\CCCCCCCC. The van der Waals surface area contributed by atoms with Crippen LogP contribution in [0.25, 0.3) is 0 Å². The zero-order valence-corrected chi connectivity index (χ0v) is 45.0. The summed E-state index contributed by atoms with van der Waals surface area (Å²) in [6.45, 7) is 6.51. The Kier molecular flexibility index (Phi) is 53.9. The molecule has 0 saturated heterocycles. The molecule has 0 saturated carbocycles. The van der Waals surface area contributed by atoms with Crippen molar-refractivity contribution < 1.29 is 28.6 Å². The van der Waals surface area contributed by atoms with Gasteiger partial charge in [-0.1, -0.05) is 227 Å². The van der Waals surface area contributed by atoms with Crippen molar-refractivity contribution in [3.63, 3.8) is 0 Å². The van der Waals surface area contributed by atoms with Gasteiger partial charge in [-0.15, -0.1) is 0 Å². The van der Waals surface area contributed by atoms with Crippen molar-refractivity contribution >= 4 is 17.9 Å². The molecule has 1 atom stereocenters. The van der Waals surface area contributed by atoms with Gasteiger partial charge >= 0.3 is 17.9 Å². The number of hydrogen-bond acceptors (Lipinski definition) is 6. The Balaban J connectivity index is 4.53. The fourth-order valence-corrected chi connectivity index (χ4v) is 7.68. The average Bonchev–Trinajstić information content (AvgIpc) is 3.35. The molecule has 0 unspecified atom stereocenters. The minimum Gasteiger partial charge on any atom is -0.462 e. The van der Waals surface area contributed by atoms with E-state index in [9.17, 15) is 14.4 Å². The van der Waals surface area contributed by atoms with Crippen molar-refractivity contribution in [2.24, 2.45) is 0 Å². The van der Waals surface area contributed by atoms with Crippen LogP contribution in [0.5, 0.6) is 0 Å². The average molecular weight is 960 g/mol. The van der Waals surface area contributed by atoms with Crippen molar-refractivity contribution in [1.82, 2.24) is 0 Å². The van der Waals surface area contributed by atoms with E-state index in [0.29, 0.717) is 19.3 Å². The highest BCUT2D eigenvalue weighted by atomic mass is 16.6. The van der Waals surface area contributed by atoms with Crippen LogP contribution in [-0.2, 0) is 28.6 Å². The second kappa shape index (κ2) is 56.9. The summed E-state index contributed by atoms with van der Waals surface area (Å²) >= 11 is 0. The number of esters is 3. The Bertz CT molecular complexity index is 1380. The number of carbonyl (C=O) groups excluding carboxylic acids is 3. The van der Waals surface area contributed by atoms with Crippen LogP contribution in [0, 0.1) is 0 Å². The topological polar surface area (TPSA) is 78.9 Å². The summed E-state index contributed by atoms with van der Waals surface area (Å²) in [5.74, 6) is -1.01. The van der Waals surface area contributed by atoms with E-state index < -0.39 is 6.10 Å². The molecular formula is C63H106O6. The number of ether oxygens (including phenoxy) is 3. The van der Waals surface area contributed by atoms with Gasteiger partial charge in [-0.3, -0.25) is 14.4 Å². The third-order valence-electron chi connectivity index (χ3n) is 12.0. The number of unbranched alkanes of at least 4 members (excludes halogenated alkanes) is 24. The molecule has 0 radical (unpaired) electrons. The summed E-state index contributed by atoms with van der Waals surface area (Å²) in [6, 6.07) is 0. The first-order chi connectivity index (χ1) is 34.0. The molecule has 6 heteroatoms. The maximum absolute atomic E-state index is 12.9. The van der Waals surface area contributed by atoms with Crippen LogP contribution in [0.4, 0.5) is 0 Å². The van der Waals surface area contributed by atoms with Gasteiger partial charge in [0.1, 0.15) is 13.2 Å². The summed E-state index contributed by atoms with van der Waals surface area (Å²) in [4.78, 5) is 38.1. The van der Waals surface area contributed by atoms with Crippen molar-refractivity contribution in [3.05, 3.63) is 97.2 Å². The second-order valence-corrected chi connectivity index (χ2v) is 18.8. The fraction of sp³-hybridized carbons (Fsp3) is 0.698. The lowest BCUT2D eigenvalue weighted by Crippen LogP contribution is -2.30. The van der Waals surface area contributed by atoms with Crippen LogP contribution >= 0.6 is 0 Å². The Morgan fingerprint density at radius 3 is 0.942 bits per heavy atom. The van der Waals surface area contributed by atoms with Crippen molar-refractivity contribution in [2.75, 3.05) is 13.2 Å². The van der Waals surface area contributed by atoms with Gasteiger partial charge in [0.2, 0.25) is 0 Å². The highest BCUT2D eigenvalue weighted by Crippen LogP contribution is 2.14. The number of rotatable bonds is 51. The summed E-state index contributed by atoms with van der Waals surface area (Å²) in [6.07, 6.45) is 75.4. The van der Waals surface area contributed by atoms with Crippen LogP contribution in [0.15, 0.2) is 97.2 Å². The van der Waals surface area contributed by atoms with Gasteiger partial charge in [0.05, 0.1) is 0 Å². The largest absolute Gasteiger partial charge is 0.462 e. The summed E-state index contributed by atoms with van der Waals surface area (Å²) in [5.41, 5.74) is 0. The van der Waals surface area contributed by atoms with Gasteiger partial charge in [-0.2, -0.15) is 0 Å². The summed E-state index contributed by atoms with van der Waals surface area (Å²) in [5, 5.41) is 0. The minimum absolute atomic E-state index is 0.110. The lowest BCUT2D eigenvalue weighted by atomic mass is 10.1. The number of hydrogen-bond donors (Lipinski definition) is 0.